The lowest BCUT2D eigenvalue weighted by atomic mass is 10.1. The van der Waals surface area contributed by atoms with Crippen LogP contribution in [0, 0.1) is 0 Å². The molecule has 0 fully saturated rings. The van der Waals surface area contributed by atoms with Crippen molar-refractivity contribution in [2.24, 2.45) is 7.05 Å². The van der Waals surface area contributed by atoms with Crippen molar-refractivity contribution in [1.82, 2.24) is 9.55 Å². The Kier molecular flexibility index (Phi) is 2.33. The van der Waals surface area contributed by atoms with Crippen LogP contribution >= 0.6 is 11.6 Å². The summed E-state index contributed by atoms with van der Waals surface area (Å²) < 4.78 is 1.97. The van der Waals surface area contributed by atoms with Crippen LogP contribution in [0.25, 0.3) is 22.3 Å². The number of aryl methyl sites for hydroxylation is 1. The minimum absolute atomic E-state index is 0.780. The molecule has 0 bridgehead atoms. The quantitative estimate of drug-likeness (QED) is 0.594. The van der Waals surface area contributed by atoms with Crippen molar-refractivity contribution in [1.29, 1.82) is 0 Å². The molecule has 0 spiro atoms. The van der Waals surface area contributed by atoms with Crippen LogP contribution in [0.4, 0.5) is 0 Å². The highest BCUT2D eigenvalue weighted by molar-refractivity contribution is 6.30. The van der Waals surface area contributed by atoms with E-state index in [0.717, 1.165) is 22.9 Å². The van der Waals surface area contributed by atoms with Gasteiger partial charge in [-0.15, -0.1) is 0 Å². The van der Waals surface area contributed by atoms with Gasteiger partial charge in [-0.3, -0.25) is 0 Å². The summed E-state index contributed by atoms with van der Waals surface area (Å²) >= 11 is 6.32. The van der Waals surface area contributed by atoms with Crippen molar-refractivity contribution >= 4 is 22.5 Å². The molecule has 2 aliphatic heterocycles. The standard InChI is InChI=1S/C14H13ClN2/c1-3-9-8-11-10-6-4-5-7-12(10)16-14(11)17(2)13(9)15/h4-8H,3H2,1-2H3. The topological polar surface area (TPSA) is 17.8 Å². The van der Waals surface area contributed by atoms with Crippen LogP contribution in [-0.2, 0) is 13.5 Å². The second-order valence-corrected chi connectivity index (χ2v) is 4.60. The first-order chi connectivity index (χ1) is 8.22. The van der Waals surface area contributed by atoms with Crippen molar-refractivity contribution in [3.63, 3.8) is 0 Å². The molecular weight excluding hydrogens is 232 g/mol. The van der Waals surface area contributed by atoms with Gasteiger partial charge in [0.1, 0.15) is 11.0 Å². The molecule has 0 radical (unpaired) electrons. The number of nitrogens with zero attached hydrogens (tertiary/aromatic N) is 2. The number of benzene rings is 1. The summed E-state index contributed by atoms with van der Waals surface area (Å²) in [7, 11) is 1.97. The fourth-order valence-electron chi connectivity index (χ4n) is 2.28. The zero-order valence-corrected chi connectivity index (χ0v) is 10.6. The fourth-order valence-corrected chi connectivity index (χ4v) is 2.55. The summed E-state index contributed by atoms with van der Waals surface area (Å²) in [6.07, 6.45) is 0.933. The Morgan fingerprint density at radius 1 is 1.29 bits per heavy atom. The van der Waals surface area contributed by atoms with Crippen molar-refractivity contribution in [2.45, 2.75) is 13.3 Å². The van der Waals surface area contributed by atoms with Gasteiger partial charge in [-0.25, -0.2) is 4.98 Å². The smallest absolute Gasteiger partial charge is 0.142 e. The summed E-state index contributed by atoms with van der Waals surface area (Å²) in [6.45, 7) is 2.12. The number of aromatic nitrogens is 2. The Bertz CT molecular complexity index is 670. The molecular formula is C14H13ClN2. The first-order valence-corrected chi connectivity index (χ1v) is 6.12. The average molecular weight is 245 g/mol. The van der Waals surface area contributed by atoms with Gasteiger partial charge in [-0.05, 0) is 24.1 Å². The first kappa shape index (κ1) is 10.6. The van der Waals surface area contributed by atoms with E-state index in [0.29, 0.717) is 0 Å². The minimum Gasteiger partial charge on any atom is -0.319 e. The second kappa shape index (κ2) is 3.74. The van der Waals surface area contributed by atoms with Crippen molar-refractivity contribution in [3.8, 4) is 11.4 Å². The number of fused-ring (bicyclic) bond motifs is 3. The number of rotatable bonds is 1. The van der Waals surface area contributed by atoms with Crippen molar-refractivity contribution in [3.05, 3.63) is 41.0 Å². The molecule has 2 aliphatic rings. The Morgan fingerprint density at radius 3 is 2.82 bits per heavy atom. The molecule has 1 aromatic carbocycles. The lowest BCUT2D eigenvalue weighted by Crippen LogP contribution is -2.02. The molecule has 0 atom stereocenters. The van der Waals surface area contributed by atoms with E-state index >= 15 is 0 Å². The average Bonchev–Trinajstić information content (AvgIpc) is 2.72. The SMILES string of the molecule is CCc1cc2c3ccccc3nc-2n(C)c1Cl. The summed E-state index contributed by atoms with van der Waals surface area (Å²) in [6, 6.07) is 10.4. The van der Waals surface area contributed by atoms with E-state index in [1.807, 2.05) is 29.8 Å². The van der Waals surface area contributed by atoms with Crippen LogP contribution in [0.15, 0.2) is 30.3 Å². The first-order valence-electron chi connectivity index (χ1n) is 5.75. The van der Waals surface area contributed by atoms with Gasteiger partial charge in [-0.2, -0.15) is 0 Å². The molecule has 0 amide bonds. The summed E-state index contributed by atoms with van der Waals surface area (Å²) in [4.78, 5) is 4.63. The maximum atomic E-state index is 6.32. The highest BCUT2D eigenvalue weighted by Gasteiger charge is 2.17. The van der Waals surface area contributed by atoms with Gasteiger partial charge in [0.25, 0.3) is 0 Å². The molecule has 2 nitrogen and oxygen atoms in total. The van der Waals surface area contributed by atoms with E-state index < -0.39 is 0 Å². The molecule has 0 aliphatic carbocycles. The second-order valence-electron chi connectivity index (χ2n) is 4.24. The third-order valence-corrected chi connectivity index (χ3v) is 3.73. The number of para-hydroxylation sites is 1. The van der Waals surface area contributed by atoms with Gasteiger partial charge in [0.15, 0.2) is 0 Å². The van der Waals surface area contributed by atoms with Crippen LogP contribution in [0.1, 0.15) is 12.5 Å². The molecule has 17 heavy (non-hydrogen) atoms. The third kappa shape index (κ3) is 1.44. The van der Waals surface area contributed by atoms with E-state index in [-0.39, 0.29) is 0 Å². The lowest BCUT2D eigenvalue weighted by molar-refractivity contribution is 0.874. The van der Waals surface area contributed by atoms with Crippen molar-refractivity contribution < 1.29 is 0 Å². The monoisotopic (exact) mass is 244 g/mol. The van der Waals surface area contributed by atoms with Crippen LogP contribution in [-0.4, -0.2) is 9.55 Å². The van der Waals surface area contributed by atoms with Gasteiger partial charge in [0.05, 0.1) is 5.52 Å². The summed E-state index contributed by atoms with van der Waals surface area (Å²) in [5, 5.41) is 1.98. The molecule has 0 saturated carbocycles. The maximum absolute atomic E-state index is 6.32. The Balaban J connectivity index is 2.48. The van der Waals surface area contributed by atoms with E-state index in [1.165, 1.54) is 16.5 Å². The van der Waals surface area contributed by atoms with E-state index in [9.17, 15) is 0 Å². The zero-order chi connectivity index (χ0) is 12.0. The molecule has 0 aromatic heterocycles. The minimum atomic E-state index is 0.780. The Hall–Kier alpha value is -1.54. The number of pyridine rings is 1. The van der Waals surface area contributed by atoms with Gasteiger partial charge >= 0.3 is 0 Å². The molecule has 0 N–H and O–H groups in total. The van der Waals surface area contributed by atoms with Crippen LogP contribution in [0.2, 0.25) is 5.15 Å². The number of hydrogen-bond donors (Lipinski definition) is 0. The normalized spacial score (nSPS) is 11.5. The highest BCUT2D eigenvalue weighted by Crippen LogP contribution is 2.34. The third-order valence-electron chi connectivity index (χ3n) is 3.24. The number of halogens is 1. The van der Waals surface area contributed by atoms with Crippen LogP contribution in [0.5, 0.6) is 0 Å². The Labute approximate surface area is 105 Å². The van der Waals surface area contributed by atoms with Gasteiger partial charge in [-0.1, -0.05) is 36.7 Å². The maximum Gasteiger partial charge on any atom is 0.142 e. The molecule has 1 aromatic rings. The number of hydrogen-bond acceptors (Lipinski definition) is 1. The van der Waals surface area contributed by atoms with E-state index in [4.69, 9.17) is 11.6 Å². The summed E-state index contributed by atoms with van der Waals surface area (Å²) in [5.41, 5.74) is 3.38. The van der Waals surface area contributed by atoms with Gasteiger partial charge in [0, 0.05) is 18.0 Å². The van der Waals surface area contributed by atoms with Crippen LogP contribution in [0.3, 0.4) is 0 Å². The summed E-state index contributed by atoms with van der Waals surface area (Å²) in [5.74, 6) is 0.952. The fraction of sp³-hybridized carbons (Fsp3) is 0.214. The van der Waals surface area contributed by atoms with Gasteiger partial charge in [0.2, 0.25) is 0 Å². The van der Waals surface area contributed by atoms with E-state index in [1.54, 1.807) is 0 Å². The highest BCUT2D eigenvalue weighted by atomic mass is 35.5. The predicted octanol–water partition coefficient (Wildman–Crippen LogP) is 3.89. The molecule has 3 rings (SSSR count). The lowest BCUT2D eigenvalue weighted by Gasteiger charge is -2.12. The van der Waals surface area contributed by atoms with Gasteiger partial charge < -0.3 is 4.57 Å². The molecule has 3 heteroatoms. The van der Waals surface area contributed by atoms with Crippen molar-refractivity contribution in [2.75, 3.05) is 0 Å². The van der Waals surface area contributed by atoms with E-state index in [2.05, 4.69) is 24.0 Å². The Morgan fingerprint density at radius 2 is 2.06 bits per heavy atom. The molecule has 0 saturated heterocycles. The largest absolute Gasteiger partial charge is 0.319 e. The zero-order valence-electron chi connectivity index (χ0n) is 9.87. The predicted molar refractivity (Wildman–Crippen MR) is 71.7 cm³/mol. The van der Waals surface area contributed by atoms with Crippen LogP contribution < -0.4 is 0 Å². The molecule has 0 unspecified atom stereocenters. The molecule has 2 heterocycles. The molecule has 86 valence electrons.